The lowest BCUT2D eigenvalue weighted by Crippen LogP contribution is -2.14. The van der Waals surface area contributed by atoms with Crippen molar-refractivity contribution in [3.8, 4) is 17.2 Å². The number of nitrogens with one attached hydrogen (secondary N) is 1. The van der Waals surface area contributed by atoms with Crippen LogP contribution in [-0.2, 0) is 6.42 Å². The maximum absolute atomic E-state index is 12.8. The molecule has 0 atom stereocenters. The van der Waals surface area contributed by atoms with E-state index in [0.29, 0.717) is 46.5 Å². The van der Waals surface area contributed by atoms with E-state index in [1.165, 1.54) is 26.4 Å². The molecule has 2 aromatic carbocycles. The number of amides is 1. The molecule has 0 radical (unpaired) electrons. The topological polar surface area (TPSA) is 116 Å². The summed E-state index contributed by atoms with van der Waals surface area (Å²) in [6.07, 6.45) is 0.615. The lowest BCUT2D eigenvalue weighted by molar-refractivity contribution is 0.0696. The SMILES string of the molecule is CCc1nnc(C)n1-c1cc(NC(=O)c2cc(OC)cc(OC)c2)cc(C(=O)O)c1. The monoisotopic (exact) mass is 410 g/mol. The molecular formula is C21H22N4O5. The second kappa shape index (κ2) is 8.64. The van der Waals surface area contributed by atoms with Gasteiger partial charge < -0.3 is 19.9 Å². The average Bonchev–Trinajstić information content (AvgIpc) is 3.13. The fraction of sp³-hybridized carbons (Fsp3) is 0.238. The number of nitrogens with zero attached hydrogens (tertiary/aromatic N) is 3. The van der Waals surface area contributed by atoms with Gasteiger partial charge in [-0.05, 0) is 37.3 Å². The average molecular weight is 410 g/mol. The van der Waals surface area contributed by atoms with Crippen molar-refractivity contribution < 1.29 is 24.2 Å². The molecule has 0 aliphatic carbocycles. The van der Waals surface area contributed by atoms with Crippen LogP contribution in [0.15, 0.2) is 36.4 Å². The highest BCUT2D eigenvalue weighted by molar-refractivity contribution is 6.05. The Kier molecular flexibility index (Phi) is 6.01. The van der Waals surface area contributed by atoms with Crippen molar-refractivity contribution in [2.24, 2.45) is 0 Å². The van der Waals surface area contributed by atoms with Gasteiger partial charge in [0, 0.05) is 23.7 Å². The minimum atomic E-state index is -1.11. The molecule has 9 nitrogen and oxygen atoms in total. The largest absolute Gasteiger partial charge is 0.497 e. The Labute approximate surface area is 173 Å². The molecule has 0 fully saturated rings. The second-order valence-corrected chi connectivity index (χ2v) is 6.48. The third-order valence-electron chi connectivity index (χ3n) is 4.50. The van der Waals surface area contributed by atoms with Crippen LogP contribution in [0.4, 0.5) is 5.69 Å². The number of carboxylic acids is 1. The predicted molar refractivity (Wildman–Crippen MR) is 110 cm³/mol. The van der Waals surface area contributed by atoms with Crippen LogP contribution < -0.4 is 14.8 Å². The first-order valence-electron chi connectivity index (χ1n) is 9.20. The van der Waals surface area contributed by atoms with Crippen molar-refractivity contribution in [3.63, 3.8) is 0 Å². The fourth-order valence-electron chi connectivity index (χ4n) is 3.05. The maximum atomic E-state index is 12.8. The van der Waals surface area contributed by atoms with E-state index in [1.807, 2.05) is 6.92 Å². The van der Waals surface area contributed by atoms with Crippen LogP contribution in [0.2, 0.25) is 0 Å². The Morgan fingerprint density at radius 1 is 1.00 bits per heavy atom. The van der Waals surface area contributed by atoms with Crippen LogP contribution >= 0.6 is 0 Å². The number of carbonyl (C=O) groups is 2. The molecule has 3 rings (SSSR count). The Morgan fingerprint density at radius 3 is 2.23 bits per heavy atom. The zero-order chi connectivity index (χ0) is 21.8. The van der Waals surface area contributed by atoms with E-state index in [-0.39, 0.29) is 5.56 Å². The molecular weight excluding hydrogens is 388 g/mol. The highest BCUT2D eigenvalue weighted by Crippen LogP contribution is 2.25. The summed E-state index contributed by atoms with van der Waals surface area (Å²) in [4.78, 5) is 24.5. The van der Waals surface area contributed by atoms with Gasteiger partial charge in [-0.1, -0.05) is 6.92 Å². The molecule has 0 saturated heterocycles. The van der Waals surface area contributed by atoms with Crippen LogP contribution in [0.5, 0.6) is 11.5 Å². The normalized spacial score (nSPS) is 10.5. The van der Waals surface area contributed by atoms with Crippen molar-refractivity contribution >= 4 is 17.6 Å². The number of rotatable bonds is 7. The lowest BCUT2D eigenvalue weighted by atomic mass is 10.1. The zero-order valence-corrected chi connectivity index (χ0v) is 17.1. The van der Waals surface area contributed by atoms with E-state index in [4.69, 9.17) is 9.47 Å². The number of carboxylic acid groups (broad SMARTS) is 1. The number of methoxy groups -OCH3 is 2. The number of anilines is 1. The van der Waals surface area contributed by atoms with Crippen molar-refractivity contribution in [1.29, 1.82) is 0 Å². The standard InChI is InChI=1S/C21H22N4O5/c1-5-19-24-23-12(2)25(19)16-7-14(21(27)28)6-15(10-16)22-20(26)13-8-17(29-3)11-18(9-13)30-4/h6-11H,5H2,1-4H3,(H,22,26)(H,27,28). The third-order valence-corrected chi connectivity index (χ3v) is 4.50. The van der Waals surface area contributed by atoms with Crippen molar-refractivity contribution in [2.45, 2.75) is 20.3 Å². The van der Waals surface area contributed by atoms with Crippen LogP contribution in [-0.4, -0.2) is 46.0 Å². The summed E-state index contributed by atoms with van der Waals surface area (Å²) >= 11 is 0. The molecule has 30 heavy (non-hydrogen) atoms. The summed E-state index contributed by atoms with van der Waals surface area (Å²) in [5.74, 6) is 0.685. The van der Waals surface area contributed by atoms with E-state index in [1.54, 1.807) is 35.8 Å². The molecule has 0 bridgehead atoms. The van der Waals surface area contributed by atoms with Gasteiger partial charge in [0.2, 0.25) is 0 Å². The number of hydrogen-bond acceptors (Lipinski definition) is 6. The summed E-state index contributed by atoms with van der Waals surface area (Å²) in [5, 5.41) is 20.5. The number of aromatic nitrogens is 3. The molecule has 0 spiro atoms. The highest BCUT2D eigenvalue weighted by atomic mass is 16.5. The summed E-state index contributed by atoms with van der Waals surface area (Å²) < 4.78 is 12.2. The van der Waals surface area contributed by atoms with Crippen LogP contribution in [0.3, 0.4) is 0 Å². The molecule has 0 saturated carbocycles. The van der Waals surface area contributed by atoms with Gasteiger partial charge in [0.1, 0.15) is 23.1 Å². The van der Waals surface area contributed by atoms with E-state index in [2.05, 4.69) is 15.5 Å². The first-order chi connectivity index (χ1) is 14.4. The summed E-state index contributed by atoms with van der Waals surface area (Å²) in [6, 6.07) is 9.38. The predicted octanol–water partition coefficient (Wildman–Crippen LogP) is 3.11. The van der Waals surface area contributed by atoms with Crippen molar-refractivity contribution in [1.82, 2.24) is 14.8 Å². The van der Waals surface area contributed by atoms with Gasteiger partial charge in [-0.25, -0.2) is 4.79 Å². The van der Waals surface area contributed by atoms with Crippen molar-refractivity contribution in [3.05, 3.63) is 59.2 Å². The Hall–Kier alpha value is -3.88. The van der Waals surface area contributed by atoms with Crippen LogP contribution in [0.1, 0.15) is 39.3 Å². The Bertz CT molecular complexity index is 1080. The fourth-order valence-corrected chi connectivity index (χ4v) is 3.05. The maximum Gasteiger partial charge on any atom is 0.335 e. The first-order valence-corrected chi connectivity index (χ1v) is 9.20. The molecule has 2 N–H and O–H groups in total. The number of aryl methyl sites for hydroxylation is 2. The lowest BCUT2D eigenvalue weighted by Gasteiger charge is -2.13. The summed E-state index contributed by atoms with van der Waals surface area (Å²) in [5.41, 5.74) is 1.21. The van der Waals surface area contributed by atoms with E-state index >= 15 is 0 Å². The Morgan fingerprint density at radius 2 is 1.67 bits per heavy atom. The summed E-state index contributed by atoms with van der Waals surface area (Å²) in [6.45, 7) is 3.71. The number of carbonyl (C=O) groups excluding carboxylic acids is 1. The van der Waals surface area contributed by atoms with Gasteiger partial charge in [0.15, 0.2) is 0 Å². The smallest absolute Gasteiger partial charge is 0.335 e. The molecule has 0 aliphatic heterocycles. The van der Waals surface area contributed by atoms with E-state index in [0.717, 1.165) is 0 Å². The second-order valence-electron chi connectivity index (χ2n) is 6.48. The molecule has 3 aromatic rings. The first kappa shape index (κ1) is 20.8. The Balaban J connectivity index is 2.02. The number of ether oxygens (including phenoxy) is 2. The molecule has 156 valence electrons. The minimum Gasteiger partial charge on any atom is -0.497 e. The van der Waals surface area contributed by atoms with E-state index in [9.17, 15) is 14.7 Å². The quantitative estimate of drug-likeness (QED) is 0.615. The van der Waals surface area contributed by atoms with Gasteiger partial charge in [-0.2, -0.15) is 0 Å². The van der Waals surface area contributed by atoms with E-state index < -0.39 is 11.9 Å². The molecule has 1 heterocycles. The third kappa shape index (κ3) is 4.24. The molecule has 0 unspecified atom stereocenters. The minimum absolute atomic E-state index is 0.0289. The van der Waals surface area contributed by atoms with Gasteiger partial charge in [-0.15, -0.1) is 10.2 Å². The van der Waals surface area contributed by atoms with Gasteiger partial charge in [-0.3, -0.25) is 9.36 Å². The van der Waals surface area contributed by atoms with Crippen molar-refractivity contribution in [2.75, 3.05) is 19.5 Å². The number of benzene rings is 2. The molecule has 0 aliphatic rings. The zero-order valence-electron chi connectivity index (χ0n) is 17.1. The van der Waals surface area contributed by atoms with Crippen LogP contribution in [0.25, 0.3) is 5.69 Å². The summed E-state index contributed by atoms with van der Waals surface area (Å²) in [7, 11) is 2.98. The highest BCUT2D eigenvalue weighted by Gasteiger charge is 2.16. The number of aromatic carboxylic acids is 1. The van der Waals surface area contributed by atoms with Gasteiger partial charge in [0.25, 0.3) is 5.91 Å². The molecule has 1 amide bonds. The molecule has 1 aromatic heterocycles. The molecule has 9 heteroatoms. The van der Waals surface area contributed by atoms with Crippen LogP contribution in [0, 0.1) is 6.92 Å². The number of hydrogen-bond donors (Lipinski definition) is 2. The van der Waals surface area contributed by atoms with Gasteiger partial charge >= 0.3 is 5.97 Å². The van der Waals surface area contributed by atoms with Gasteiger partial charge in [0.05, 0.1) is 25.5 Å².